The number of aromatic nitrogens is 1. The predicted octanol–water partition coefficient (Wildman–Crippen LogP) is 3.53. The van der Waals surface area contributed by atoms with Gasteiger partial charge in [0.05, 0.1) is 5.56 Å². The Balaban J connectivity index is 2.03. The number of hydrogen-bond donors (Lipinski definition) is 2. The summed E-state index contributed by atoms with van der Waals surface area (Å²) >= 11 is 0. The van der Waals surface area contributed by atoms with E-state index in [1.165, 1.54) is 0 Å². The number of benzene rings is 2. The molecule has 1 amide bonds. The van der Waals surface area contributed by atoms with Crippen LogP contribution < -0.4 is 10.6 Å². The minimum Gasteiger partial charge on any atom is -0.373 e. The first-order chi connectivity index (χ1) is 10.3. The van der Waals surface area contributed by atoms with Crippen LogP contribution in [-0.4, -0.2) is 17.9 Å². The van der Waals surface area contributed by atoms with E-state index in [4.69, 9.17) is 0 Å². The van der Waals surface area contributed by atoms with Gasteiger partial charge in [-0.15, -0.1) is 0 Å². The maximum Gasteiger partial charge on any atom is 0.257 e. The number of amides is 1. The molecule has 0 atom stereocenters. The SMILES string of the molecule is CNc1ncc(C(=O)Nc2ccccc2)c2ccccc12. The van der Waals surface area contributed by atoms with Crippen molar-refractivity contribution < 1.29 is 4.79 Å². The fraction of sp³-hybridized carbons (Fsp3) is 0.0588. The maximum absolute atomic E-state index is 12.5. The van der Waals surface area contributed by atoms with Gasteiger partial charge in [0.2, 0.25) is 0 Å². The zero-order chi connectivity index (χ0) is 14.7. The molecular formula is C17H15N3O. The molecule has 0 saturated carbocycles. The van der Waals surface area contributed by atoms with Crippen LogP contribution in [0.2, 0.25) is 0 Å². The molecule has 0 aliphatic carbocycles. The molecule has 0 radical (unpaired) electrons. The number of nitrogens with one attached hydrogen (secondary N) is 2. The van der Waals surface area contributed by atoms with Gasteiger partial charge in [-0.05, 0) is 17.5 Å². The summed E-state index contributed by atoms with van der Waals surface area (Å²) in [5, 5.41) is 7.74. The van der Waals surface area contributed by atoms with Gasteiger partial charge in [0, 0.05) is 24.3 Å². The first kappa shape index (κ1) is 13.1. The van der Waals surface area contributed by atoms with Crippen molar-refractivity contribution in [1.82, 2.24) is 4.98 Å². The van der Waals surface area contributed by atoms with Gasteiger partial charge in [0.25, 0.3) is 5.91 Å². The van der Waals surface area contributed by atoms with E-state index in [2.05, 4.69) is 15.6 Å². The van der Waals surface area contributed by atoms with Crippen LogP contribution in [0.5, 0.6) is 0 Å². The van der Waals surface area contributed by atoms with Crippen LogP contribution in [0.15, 0.2) is 60.8 Å². The van der Waals surface area contributed by atoms with E-state index in [0.29, 0.717) is 5.56 Å². The molecule has 0 spiro atoms. The minimum atomic E-state index is -0.160. The second-order valence-electron chi connectivity index (χ2n) is 4.64. The molecule has 1 heterocycles. The Bertz CT molecular complexity index is 784. The second-order valence-corrected chi connectivity index (χ2v) is 4.64. The summed E-state index contributed by atoms with van der Waals surface area (Å²) in [4.78, 5) is 16.8. The number of fused-ring (bicyclic) bond motifs is 1. The molecule has 3 rings (SSSR count). The predicted molar refractivity (Wildman–Crippen MR) is 85.7 cm³/mol. The molecule has 1 aromatic heterocycles. The number of rotatable bonds is 3. The summed E-state index contributed by atoms with van der Waals surface area (Å²) in [5.41, 5.74) is 1.33. The second kappa shape index (κ2) is 5.63. The van der Waals surface area contributed by atoms with E-state index in [-0.39, 0.29) is 5.91 Å². The van der Waals surface area contributed by atoms with Crippen molar-refractivity contribution in [3.05, 3.63) is 66.4 Å². The summed E-state index contributed by atoms with van der Waals surface area (Å²) in [6, 6.07) is 17.1. The average Bonchev–Trinajstić information content (AvgIpc) is 2.54. The van der Waals surface area contributed by atoms with Crippen LogP contribution in [0.25, 0.3) is 10.8 Å². The minimum absolute atomic E-state index is 0.160. The normalized spacial score (nSPS) is 10.3. The molecule has 21 heavy (non-hydrogen) atoms. The molecule has 0 aliphatic rings. The van der Waals surface area contributed by atoms with Crippen LogP contribution in [0, 0.1) is 0 Å². The standard InChI is InChI=1S/C17H15N3O/c1-18-16-14-10-6-5-9-13(14)15(11-19-16)17(21)20-12-7-3-2-4-8-12/h2-11H,1H3,(H,18,19)(H,20,21). The Hall–Kier alpha value is -2.88. The van der Waals surface area contributed by atoms with Gasteiger partial charge in [0.1, 0.15) is 5.82 Å². The van der Waals surface area contributed by atoms with Crippen LogP contribution >= 0.6 is 0 Å². The lowest BCUT2D eigenvalue weighted by Gasteiger charge is -2.10. The number of para-hydroxylation sites is 1. The monoisotopic (exact) mass is 277 g/mol. The molecule has 2 N–H and O–H groups in total. The largest absolute Gasteiger partial charge is 0.373 e. The van der Waals surface area contributed by atoms with Gasteiger partial charge in [0.15, 0.2) is 0 Å². The lowest BCUT2D eigenvalue weighted by Crippen LogP contribution is -2.13. The Kier molecular flexibility index (Phi) is 3.51. The van der Waals surface area contributed by atoms with Crippen molar-refractivity contribution in [2.75, 3.05) is 17.7 Å². The number of carbonyl (C=O) groups excluding carboxylic acids is 1. The van der Waals surface area contributed by atoms with Gasteiger partial charge in [-0.1, -0.05) is 42.5 Å². The van der Waals surface area contributed by atoms with Gasteiger partial charge in [-0.2, -0.15) is 0 Å². The Morgan fingerprint density at radius 2 is 1.62 bits per heavy atom. The van der Waals surface area contributed by atoms with Crippen molar-refractivity contribution in [2.24, 2.45) is 0 Å². The number of hydrogen-bond acceptors (Lipinski definition) is 3. The summed E-state index contributed by atoms with van der Waals surface area (Å²) in [6.07, 6.45) is 1.60. The lowest BCUT2D eigenvalue weighted by atomic mass is 10.1. The maximum atomic E-state index is 12.5. The van der Waals surface area contributed by atoms with E-state index < -0.39 is 0 Å². The molecule has 4 nitrogen and oxygen atoms in total. The lowest BCUT2D eigenvalue weighted by molar-refractivity contribution is 0.102. The fourth-order valence-electron chi connectivity index (χ4n) is 2.29. The summed E-state index contributed by atoms with van der Waals surface area (Å²) in [6.45, 7) is 0. The van der Waals surface area contributed by atoms with Crippen LogP contribution in [0.1, 0.15) is 10.4 Å². The first-order valence-electron chi connectivity index (χ1n) is 6.71. The van der Waals surface area contributed by atoms with Crippen molar-refractivity contribution in [3.8, 4) is 0 Å². The highest BCUT2D eigenvalue weighted by Gasteiger charge is 2.13. The molecule has 3 aromatic rings. The third-order valence-corrected chi connectivity index (χ3v) is 3.31. The molecule has 0 aliphatic heterocycles. The molecule has 0 saturated heterocycles. The highest BCUT2D eigenvalue weighted by Crippen LogP contribution is 2.24. The topological polar surface area (TPSA) is 54.0 Å². The average molecular weight is 277 g/mol. The highest BCUT2D eigenvalue weighted by molar-refractivity contribution is 6.14. The van der Waals surface area contributed by atoms with Crippen LogP contribution in [0.4, 0.5) is 11.5 Å². The van der Waals surface area contributed by atoms with Crippen molar-refractivity contribution in [3.63, 3.8) is 0 Å². The van der Waals surface area contributed by atoms with Crippen LogP contribution in [-0.2, 0) is 0 Å². The Morgan fingerprint density at radius 3 is 2.33 bits per heavy atom. The number of anilines is 2. The van der Waals surface area contributed by atoms with Gasteiger partial charge in [-0.25, -0.2) is 4.98 Å². The third kappa shape index (κ3) is 2.56. The number of carbonyl (C=O) groups is 1. The van der Waals surface area contributed by atoms with Gasteiger partial charge in [-0.3, -0.25) is 4.79 Å². The fourth-order valence-corrected chi connectivity index (χ4v) is 2.29. The molecule has 0 bridgehead atoms. The molecular weight excluding hydrogens is 262 g/mol. The van der Waals surface area contributed by atoms with E-state index in [1.807, 2.05) is 61.6 Å². The van der Waals surface area contributed by atoms with Gasteiger partial charge >= 0.3 is 0 Å². The molecule has 0 fully saturated rings. The zero-order valence-electron chi connectivity index (χ0n) is 11.6. The quantitative estimate of drug-likeness (QED) is 0.770. The number of pyridine rings is 1. The van der Waals surface area contributed by atoms with Crippen molar-refractivity contribution in [1.29, 1.82) is 0 Å². The molecule has 0 unspecified atom stereocenters. The zero-order valence-corrected chi connectivity index (χ0v) is 11.6. The Morgan fingerprint density at radius 1 is 0.952 bits per heavy atom. The van der Waals surface area contributed by atoms with E-state index in [9.17, 15) is 4.79 Å². The number of nitrogens with zero attached hydrogens (tertiary/aromatic N) is 1. The first-order valence-corrected chi connectivity index (χ1v) is 6.71. The molecule has 104 valence electrons. The highest BCUT2D eigenvalue weighted by atomic mass is 16.1. The summed E-state index contributed by atoms with van der Waals surface area (Å²) in [7, 11) is 1.82. The summed E-state index contributed by atoms with van der Waals surface area (Å²) < 4.78 is 0. The van der Waals surface area contributed by atoms with Crippen LogP contribution in [0.3, 0.4) is 0 Å². The Labute approximate surface area is 122 Å². The smallest absolute Gasteiger partial charge is 0.257 e. The van der Waals surface area contributed by atoms with Crippen molar-refractivity contribution >= 4 is 28.2 Å². The van der Waals surface area contributed by atoms with E-state index in [1.54, 1.807) is 6.20 Å². The molecule has 2 aromatic carbocycles. The summed E-state index contributed by atoms with van der Waals surface area (Å²) in [5.74, 6) is 0.606. The molecule has 4 heteroatoms. The van der Waals surface area contributed by atoms with E-state index >= 15 is 0 Å². The third-order valence-electron chi connectivity index (χ3n) is 3.31. The van der Waals surface area contributed by atoms with E-state index in [0.717, 1.165) is 22.3 Å². The van der Waals surface area contributed by atoms with Gasteiger partial charge < -0.3 is 10.6 Å². The van der Waals surface area contributed by atoms with Crippen molar-refractivity contribution in [2.45, 2.75) is 0 Å².